The minimum absolute atomic E-state index is 0.0335. The Morgan fingerprint density at radius 2 is 1.97 bits per heavy atom. The zero-order chi connectivity index (χ0) is 22.2. The van der Waals surface area contributed by atoms with Crippen molar-refractivity contribution in [2.45, 2.75) is 18.6 Å². The molecule has 8 nitrogen and oxygen atoms in total. The van der Waals surface area contributed by atoms with E-state index < -0.39 is 0 Å². The van der Waals surface area contributed by atoms with Gasteiger partial charge in [0.05, 0.1) is 32.7 Å². The number of hydrogen-bond donors (Lipinski definition) is 1. The number of thiazole rings is 2. The normalized spacial score (nSPS) is 11.4. The van der Waals surface area contributed by atoms with E-state index in [2.05, 4.69) is 26.6 Å². The zero-order valence-electron chi connectivity index (χ0n) is 17.2. The summed E-state index contributed by atoms with van der Waals surface area (Å²) in [5.74, 6) is 0.679. The smallest absolute Gasteiger partial charge is 0.308 e. The van der Waals surface area contributed by atoms with E-state index in [0.717, 1.165) is 26.0 Å². The molecule has 0 aliphatic heterocycles. The van der Waals surface area contributed by atoms with Gasteiger partial charge in [0.25, 0.3) is 0 Å². The molecular weight excluding hydrogens is 464 g/mol. The number of para-hydroxylation sites is 1. The molecule has 11 heteroatoms. The Labute approximate surface area is 194 Å². The number of aryl methyl sites for hydroxylation is 1. The lowest BCUT2D eigenvalue weighted by Gasteiger charge is -2.05. The maximum atomic E-state index is 12.4. The van der Waals surface area contributed by atoms with Crippen LogP contribution in [0.5, 0.6) is 0 Å². The Morgan fingerprint density at radius 1 is 1.12 bits per heavy atom. The molecule has 0 fully saturated rings. The summed E-state index contributed by atoms with van der Waals surface area (Å²) < 4.78 is 5.50. The van der Waals surface area contributed by atoms with Crippen LogP contribution in [-0.2, 0) is 18.4 Å². The van der Waals surface area contributed by atoms with Crippen molar-refractivity contribution in [3.63, 3.8) is 0 Å². The van der Waals surface area contributed by atoms with Crippen LogP contribution < -0.4 is 10.2 Å². The molecule has 0 saturated heterocycles. The fourth-order valence-corrected chi connectivity index (χ4v) is 5.89. The van der Waals surface area contributed by atoms with Crippen molar-refractivity contribution in [1.29, 1.82) is 0 Å². The van der Waals surface area contributed by atoms with Gasteiger partial charge in [-0.15, -0.1) is 10.2 Å². The van der Waals surface area contributed by atoms with E-state index in [1.165, 1.54) is 34.4 Å². The fourth-order valence-electron chi connectivity index (χ4n) is 3.28. The second-order valence-electron chi connectivity index (χ2n) is 7.21. The number of nitrogens with one attached hydrogen (secondary N) is 1. The van der Waals surface area contributed by atoms with Crippen molar-refractivity contribution in [1.82, 2.24) is 24.3 Å². The summed E-state index contributed by atoms with van der Waals surface area (Å²) in [7, 11) is 1.84. The Morgan fingerprint density at radius 3 is 2.84 bits per heavy atom. The molecule has 162 valence electrons. The maximum Gasteiger partial charge on any atom is 0.308 e. The summed E-state index contributed by atoms with van der Waals surface area (Å²) in [6, 6.07) is 13.7. The monoisotopic (exact) mass is 482 g/mol. The van der Waals surface area contributed by atoms with Crippen molar-refractivity contribution >= 4 is 65.9 Å². The number of hydrogen-bond acceptors (Lipinski definition) is 8. The molecule has 5 aromatic rings. The first-order chi connectivity index (χ1) is 15.5. The second-order valence-corrected chi connectivity index (χ2v) is 10.2. The molecule has 3 aromatic heterocycles. The Balaban J connectivity index is 1.25. The largest absolute Gasteiger partial charge is 0.308 e. The number of thioether (sulfide) groups is 1. The number of carbonyl (C=O) groups is 1. The van der Waals surface area contributed by atoms with Crippen molar-refractivity contribution in [3.05, 3.63) is 63.5 Å². The van der Waals surface area contributed by atoms with Gasteiger partial charge in [0, 0.05) is 7.05 Å². The highest BCUT2D eigenvalue weighted by atomic mass is 32.2. The number of benzene rings is 2. The molecule has 0 atom stereocenters. The summed E-state index contributed by atoms with van der Waals surface area (Å²) in [6.45, 7) is 2.35. The third-order valence-corrected chi connectivity index (χ3v) is 7.83. The molecule has 5 rings (SSSR count). The highest BCUT2D eigenvalue weighted by Crippen LogP contribution is 2.27. The predicted octanol–water partition coefficient (Wildman–Crippen LogP) is 3.89. The number of fused-ring (bicyclic) bond motifs is 2. The molecule has 3 heterocycles. The quantitative estimate of drug-likeness (QED) is 0.369. The van der Waals surface area contributed by atoms with Crippen molar-refractivity contribution < 1.29 is 4.79 Å². The van der Waals surface area contributed by atoms with Crippen LogP contribution in [-0.4, -0.2) is 36.0 Å². The Bertz CT molecular complexity index is 1510. The highest BCUT2D eigenvalue weighted by molar-refractivity contribution is 7.99. The first-order valence-corrected chi connectivity index (χ1v) is 12.4. The van der Waals surface area contributed by atoms with E-state index in [0.29, 0.717) is 22.7 Å². The van der Waals surface area contributed by atoms with Crippen LogP contribution in [0.2, 0.25) is 0 Å². The topological polar surface area (TPSA) is 94.7 Å². The molecular formula is C21H18N6O2S3. The van der Waals surface area contributed by atoms with E-state index in [1.54, 1.807) is 4.57 Å². The van der Waals surface area contributed by atoms with Crippen LogP contribution in [0.3, 0.4) is 0 Å². The van der Waals surface area contributed by atoms with Gasteiger partial charge in [0.2, 0.25) is 5.91 Å². The summed E-state index contributed by atoms with van der Waals surface area (Å²) in [5, 5.41) is 12.5. The number of amides is 1. The molecule has 0 unspecified atom stereocenters. The van der Waals surface area contributed by atoms with Crippen LogP contribution in [0.25, 0.3) is 20.4 Å². The van der Waals surface area contributed by atoms with E-state index in [4.69, 9.17) is 0 Å². The molecule has 1 amide bonds. The number of anilines is 1. The summed E-state index contributed by atoms with van der Waals surface area (Å²) >= 11 is 3.97. The van der Waals surface area contributed by atoms with Crippen molar-refractivity contribution in [2.75, 3.05) is 11.1 Å². The molecule has 0 bridgehead atoms. The number of carbonyl (C=O) groups excluding carboxylic acids is 1. The summed E-state index contributed by atoms with van der Waals surface area (Å²) in [6.07, 6.45) is 0. The average molecular weight is 483 g/mol. The van der Waals surface area contributed by atoms with Gasteiger partial charge in [-0.3, -0.25) is 14.2 Å². The van der Waals surface area contributed by atoms with Crippen LogP contribution in [0, 0.1) is 6.92 Å². The maximum absolute atomic E-state index is 12.4. The second kappa shape index (κ2) is 8.49. The summed E-state index contributed by atoms with van der Waals surface area (Å²) in [5.41, 5.74) is 2.91. The molecule has 0 spiro atoms. The lowest BCUT2D eigenvalue weighted by atomic mass is 10.2. The predicted molar refractivity (Wildman–Crippen MR) is 130 cm³/mol. The molecule has 2 aromatic carbocycles. The number of rotatable bonds is 6. The van der Waals surface area contributed by atoms with Gasteiger partial charge in [0.1, 0.15) is 0 Å². The third kappa shape index (κ3) is 4.06. The van der Waals surface area contributed by atoms with Gasteiger partial charge in [-0.1, -0.05) is 52.6 Å². The molecule has 1 N–H and O–H groups in total. The van der Waals surface area contributed by atoms with Crippen LogP contribution >= 0.6 is 34.4 Å². The van der Waals surface area contributed by atoms with Gasteiger partial charge < -0.3 is 9.88 Å². The SMILES string of the molecule is Cc1ccc2nc(NC(=O)CSc3nnc(Cn4c(=O)sc5ccccc54)n3C)sc2c1. The lowest BCUT2D eigenvalue weighted by Crippen LogP contribution is -2.16. The number of aromatic nitrogens is 5. The fraction of sp³-hybridized carbons (Fsp3) is 0.190. The Hall–Kier alpha value is -3.02. The van der Waals surface area contributed by atoms with E-state index in [1.807, 2.05) is 54.9 Å². The highest BCUT2D eigenvalue weighted by Gasteiger charge is 2.15. The van der Waals surface area contributed by atoms with E-state index >= 15 is 0 Å². The van der Waals surface area contributed by atoms with Gasteiger partial charge in [-0.2, -0.15) is 0 Å². The van der Waals surface area contributed by atoms with Crippen LogP contribution in [0.4, 0.5) is 5.13 Å². The minimum Gasteiger partial charge on any atom is -0.308 e. The van der Waals surface area contributed by atoms with Gasteiger partial charge in [0.15, 0.2) is 16.1 Å². The molecule has 0 aliphatic carbocycles. The molecule has 0 radical (unpaired) electrons. The van der Waals surface area contributed by atoms with Crippen molar-refractivity contribution in [3.8, 4) is 0 Å². The summed E-state index contributed by atoms with van der Waals surface area (Å²) in [4.78, 5) is 29.2. The Kier molecular flexibility index (Phi) is 5.53. The third-order valence-electron chi connectivity index (χ3n) is 4.92. The first kappa shape index (κ1) is 20.9. The molecule has 0 aliphatic rings. The first-order valence-electron chi connectivity index (χ1n) is 9.74. The van der Waals surface area contributed by atoms with Gasteiger partial charge >= 0.3 is 4.87 Å². The standard InChI is InChI=1S/C21H18N6O2S3/c1-12-7-8-13-16(9-12)31-19(22-13)23-18(28)11-30-20-25-24-17(26(20)2)10-27-14-5-3-4-6-15(14)32-21(27)29/h3-9H,10-11H2,1-2H3,(H,22,23,28). The van der Waals surface area contributed by atoms with E-state index in [-0.39, 0.29) is 16.5 Å². The number of nitrogens with zero attached hydrogens (tertiary/aromatic N) is 5. The molecule has 32 heavy (non-hydrogen) atoms. The van der Waals surface area contributed by atoms with Crippen LogP contribution in [0.15, 0.2) is 52.4 Å². The van der Waals surface area contributed by atoms with E-state index in [9.17, 15) is 9.59 Å². The van der Waals surface area contributed by atoms with Crippen molar-refractivity contribution in [2.24, 2.45) is 7.05 Å². The van der Waals surface area contributed by atoms with Crippen LogP contribution in [0.1, 0.15) is 11.4 Å². The minimum atomic E-state index is -0.157. The van der Waals surface area contributed by atoms with Gasteiger partial charge in [-0.05, 0) is 36.8 Å². The lowest BCUT2D eigenvalue weighted by molar-refractivity contribution is -0.113. The van der Waals surface area contributed by atoms with Gasteiger partial charge in [-0.25, -0.2) is 4.98 Å². The average Bonchev–Trinajstić information content (AvgIpc) is 3.42. The molecule has 0 saturated carbocycles. The zero-order valence-corrected chi connectivity index (χ0v) is 19.7.